The monoisotopic (exact) mass is 430 g/mol. The van der Waals surface area contributed by atoms with E-state index >= 15 is 0 Å². The highest BCUT2D eigenvalue weighted by atomic mass is 35.5. The molecule has 1 aliphatic rings. The summed E-state index contributed by atoms with van der Waals surface area (Å²) in [5.41, 5.74) is 1.14. The molecule has 1 aromatic carbocycles. The van der Waals surface area contributed by atoms with Gasteiger partial charge in [0.1, 0.15) is 17.7 Å². The van der Waals surface area contributed by atoms with Crippen LogP contribution in [0.2, 0.25) is 5.02 Å². The fourth-order valence-corrected chi connectivity index (χ4v) is 3.49. The third-order valence-electron chi connectivity index (χ3n) is 4.68. The van der Waals surface area contributed by atoms with Crippen molar-refractivity contribution in [1.29, 1.82) is 5.26 Å². The fraction of sp³-hybridized carbons (Fsp3) is 0.200. The van der Waals surface area contributed by atoms with E-state index in [0.717, 1.165) is 17.7 Å². The number of anilines is 3. The molecule has 4 rings (SSSR count). The van der Waals surface area contributed by atoms with E-state index in [1.54, 1.807) is 18.3 Å². The lowest BCUT2D eigenvalue weighted by Gasteiger charge is -2.30. The highest BCUT2D eigenvalue weighted by molar-refractivity contribution is 6.32. The molecule has 6 nitrogen and oxygen atoms in total. The first-order valence-corrected chi connectivity index (χ1v) is 9.32. The van der Waals surface area contributed by atoms with Crippen LogP contribution in [0, 0.1) is 11.3 Å². The van der Waals surface area contributed by atoms with Gasteiger partial charge < -0.3 is 10.2 Å². The van der Waals surface area contributed by atoms with Gasteiger partial charge >= 0.3 is 6.18 Å². The Kier molecular flexibility index (Phi) is 5.18. The van der Waals surface area contributed by atoms with Gasteiger partial charge in [0.15, 0.2) is 0 Å². The maximum Gasteiger partial charge on any atom is 0.416 e. The average Bonchev–Trinajstić information content (AvgIpc) is 2.73. The van der Waals surface area contributed by atoms with Crippen LogP contribution in [0.1, 0.15) is 22.6 Å². The number of halogens is 4. The van der Waals surface area contributed by atoms with Gasteiger partial charge in [-0.15, -0.1) is 0 Å². The van der Waals surface area contributed by atoms with Gasteiger partial charge in [-0.05, 0) is 42.8 Å². The van der Waals surface area contributed by atoms with Crippen LogP contribution < -0.4 is 10.2 Å². The van der Waals surface area contributed by atoms with Crippen molar-refractivity contribution in [3.63, 3.8) is 0 Å². The molecule has 2 aromatic heterocycles. The van der Waals surface area contributed by atoms with E-state index in [-0.39, 0.29) is 5.82 Å². The van der Waals surface area contributed by atoms with E-state index in [9.17, 15) is 18.4 Å². The van der Waals surface area contributed by atoms with E-state index in [0.29, 0.717) is 47.6 Å². The molecule has 0 unspecified atom stereocenters. The quantitative estimate of drug-likeness (QED) is 0.647. The molecule has 0 saturated carbocycles. The maximum absolute atomic E-state index is 12.8. The summed E-state index contributed by atoms with van der Waals surface area (Å²) in [6.45, 7) is 0.978. The molecule has 0 radical (unpaired) electrons. The van der Waals surface area contributed by atoms with E-state index in [1.807, 2.05) is 11.0 Å². The fourth-order valence-electron chi connectivity index (χ4n) is 3.25. The predicted octanol–water partition coefficient (Wildman–Crippen LogP) is 4.72. The molecular formula is C20H14ClF3N6. The van der Waals surface area contributed by atoms with Gasteiger partial charge in [0.2, 0.25) is 5.82 Å². The predicted molar refractivity (Wildman–Crippen MR) is 105 cm³/mol. The molecular weight excluding hydrogens is 417 g/mol. The van der Waals surface area contributed by atoms with Crippen LogP contribution >= 0.6 is 11.6 Å². The molecule has 0 amide bonds. The molecule has 0 bridgehead atoms. The van der Waals surface area contributed by atoms with Crippen molar-refractivity contribution in [3.05, 3.63) is 70.3 Å². The first-order valence-electron chi connectivity index (χ1n) is 8.95. The summed E-state index contributed by atoms with van der Waals surface area (Å²) in [4.78, 5) is 14.8. The molecule has 1 aliphatic heterocycles. The van der Waals surface area contributed by atoms with Gasteiger partial charge in [0.25, 0.3) is 0 Å². The number of aromatic nitrogens is 3. The van der Waals surface area contributed by atoms with Crippen LogP contribution in [-0.2, 0) is 19.1 Å². The minimum Gasteiger partial charge on any atom is -0.349 e. The molecule has 0 spiro atoms. The second-order valence-corrected chi connectivity index (χ2v) is 7.02. The molecule has 3 heterocycles. The molecule has 1 N–H and O–H groups in total. The van der Waals surface area contributed by atoms with Crippen molar-refractivity contribution in [2.45, 2.75) is 19.1 Å². The van der Waals surface area contributed by atoms with Crippen molar-refractivity contribution in [3.8, 4) is 6.07 Å². The lowest BCUT2D eigenvalue weighted by atomic mass is 10.0. The van der Waals surface area contributed by atoms with Gasteiger partial charge in [-0.2, -0.15) is 18.4 Å². The summed E-state index contributed by atoms with van der Waals surface area (Å²) in [7, 11) is 0. The number of pyridine rings is 1. The molecule has 10 heteroatoms. The molecule has 0 atom stereocenters. The number of hydrogen-bond donors (Lipinski definition) is 1. The lowest BCUT2D eigenvalue weighted by Crippen LogP contribution is -2.33. The molecule has 152 valence electrons. The van der Waals surface area contributed by atoms with Gasteiger partial charge in [-0.25, -0.2) is 15.0 Å². The van der Waals surface area contributed by atoms with Gasteiger partial charge in [-0.3, -0.25) is 0 Å². The number of nitrogens with zero attached hydrogens (tertiary/aromatic N) is 5. The maximum atomic E-state index is 12.8. The number of alkyl halides is 3. The molecule has 30 heavy (non-hydrogen) atoms. The summed E-state index contributed by atoms with van der Waals surface area (Å²) in [5, 5.41) is 12.8. The molecule has 3 aromatic rings. The number of fused-ring (bicyclic) bond motifs is 1. The largest absolute Gasteiger partial charge is 0.416 e. The molecule has 0 saturated heterocycles. The SMILES string of the molecule is N#Cc1nc2c(c(Nc3ccc(C(F)(F)F)cc3)n1)CCN(c1ncccc1Cl)C2. The number of nitriles is 1. The number of rotatable bonds is 3. The Morgan fingerprint density at radius 3 is 2.57 bits per heavy atom. The topological polar surface area (TPSA) is 77.7 Å². The third-order valence-corrected chi connectivity index (χ3v) is 4.97. The average molecular weight is 431 g/mol. The van der Waals surface area contributed by atoms with E-state index in [1.165, 1.54) is 12.1 Å². The second kappa shape index (κ2) is 7.80. The Labute approximate surface area is 175 Å². The zero-order valence-electron chi connectivity index (χ0n) is 15.4. The summed E-state index contributed by atoms with van der Waals surface area (Å²) in [6, 6.07) is 10.1. The standard InChI is InChI=1S/C20H14ClF3N6/c21-15-2-1-8-26-19(15)30-9-7-14-16(11-30)28-17(10-25)29-18(14)27-13-5-3-12(4-6-13)20(22,23)24/h1-6,8H,7,9,11H2,(H,27,28,29). The second-order valence-electron chi connectivity index (χ2n) is 6.61. The van der Waals surface area contributed by atoms with Crippen molar-refractivity contribution < 1.29 is 13.2 Å². The number of hydrogen-bond acceptors (Lipinski definition) is 6. The molecule has 0 fully saturated rings. The summed E-state index contributed by atoms with van der Waals surface area (Å²) in [6.07, 6.45) is -2.21. The Morgan fingerprint density at radius 1 is 1.13 bits per heavy atom. The first kappa shape index (κ1) is 19.9. The van der Waals surface area contributed by atoms with Gasteiger partial charge in [0.05, 0.1) is 22.8 Å². The summed E-state index contributed by atoms with van der Waals surface area (Å²) < 4.78 is 38.3. The molecule has 0 aliphatic carbocycles. The Hall–Kier alpha value is -3.38. The van der Waals surface area contributed by atoms with Crippen molar-refractivity contribution >= 4 is 28.9 Å². The Bertz CT molecular complexity index is 1120. The minimum absolute atomic E-state index is 0.0304. The van der Waals surface area contributed by atoms with Crippen molar-refractivity contribution in [1.82, 2.24) is 15.0 Å². The summed E-state index contributed by atoms with van der Waals surface area (Å²) in [5.74, 6) is 0.999. The lowest BCUT2D eigenvalue weighted by molar-refractivity contribution is -0.137. The van der Waals surface area contributed by atoms with Crippen LogP contribution in [0.15, 0.2) is 42.6 Å². The zero-order chi connectivity index (χ0) is 21.3. The van der Waals surface area contributed by atoms with Crippen LogP contribution in [0.4, 0.5) is 30.5 Å². The van der Waals surface area contributed by atoms with Gasteiger partial charge in [-0.1, -0.05) is 11.6 Å². The van der Waals surface area contributed by atoms with Crippen molar-refractivity contribution in [2.75, 3.05) is 16.8 Å². The van der Waals surface area contributed by atoms with E-state index in [4.69, 9.17) is 11.6 Å². The van der Waals surface area contributed by atoms with Crippen molar-refractivity contribution in [2.24, 2.45) is 0 Å². The van der Waals surface area contributed by atoms with Crippen LogP contribution in [0.25, 0.3) is 0 Å². The smallest absolute Gasteiger partial charge is 0.349 e. The van der Waals surface area contributed by atoms with E-state index < -0.39 is 11.7 Å². The van der Waals surface area contributed by atoms with Crippen LogP contribution in [0.3, 0.4) is 0 Å². The minimum atomic E-state index is -4.41. The number of benzene rings is 1. The van der Waals surface area contributed by atoms with Crippen LogP contribution in [0.5, 0.6) is 0 Å². The number of nitrogens with one attached hydrogen (secondary N) is 1. The Balaban J connectivity index is 1.64. The van der Waals surface area contributed by atoms with E-state index in [2.05, 4.69) is 20.3 Å². The Morgan fingerprint density at radius 2 is 1.90 bits per heavy atom. The highest BCUT2D eigenvalue weighted by Crippen LogP contribution is 2.33. The van der Waals surface area contributed by atoms with Gasteiger partial charge in [0, 0.05) is 24.0 Å². The van der Waals surface area contributed by atoms with Crippen LogP contribution in [-0.4, -0.2) is 21.5 Å². The normalized spacial score (nSPS) is 13.5. The first-order chi connectivity index (χ1) is 14.3. The third kappa shape index (κ3) is 4.00. The summed E-state index contributed by atoms with van der Waals surface area (Å²) >= 11 is 6.24. The highest BCUT2D eigenvalue weighted by Gasteiger charge is 2.30. The zero-order valence-corrected chi connectivity index (χ0v) is 16.2.